The van der Waals surface area contributed by atoms with Crippen LogP contribution in [0.2, 0.25) is 0 Å². The van der Waals surface area contributed by atoms with Crippen molar-refractivity contribution in [3.63, 3.8) is 0 Å². The molecule has 6 rings (SSSR count). The van der Waals surface area contributed by atoms with Gasteiger partial charge in [-0.3, -0.25) is 9.78 Å². The first-order valence-electron chi connectivity index (χ1n) is 13.5. The molecule has 1 aliphatic carbocycles. The number of amides is 1. The monoisotopic (exact) mass is 532 g/mol. The molecule has 1 saturated heterocycles. The highest BCUT2D eigenvalue weighted by atomic mass is 19.1. The maximum Gasteiger partial charge on any atom is 0.257 e. The highest BCUT2D eigenvalue weighted by Crippen LogP contribution is 2.52. The van der Waals surface area contributed by atoms with Gasteiger partial charge >= 0.3 is 0 Å². The van der Waals surface area contributed by atoms with Crippen LogP contribution in [0.3, 0.4) is 0 Å². The topological polar surface area (TPSA) is 92.7 Å². The van der Waals surface area contributed by atoms with E-state index in [2.05, 4.69) is 25.2 Å². The van der Waals surface area contributed by atoms with Gasteiger partial charge in [0.2, 0.25) is 0 Å². The smallest absolute Gasteiger partial charge is 0.257 e. The number of ether oxygens (including phenoxy) is 2. The number of hydrogen-bond donors (Lipinski definition) is 1. The van der Waals surface area contributed by atoms with Crippen LogP contribution in [0.25, 0.3) is 0 Å². The van der Waals surface area contributed by atoms with Crippen molar-refractivity contribution in [3.05, 3.63) is 65.6 Å². The van der Waals surface area contributed by atoms with Crippen molar-refractivity contribution in [3.8, 4) is 17.2 Å². The number of rotatable bonds is 8. The molecule has 9 nitrogen and oxygen atoms in total. The quantitative estimate of drug-likeness (QED) is 0.459. The van der Waals surface area contributed by atoms with Crippen LogP contribution >= 0.6 is 0 Å². The summed E-state index contributed by atoms with van der Waals surface area (Å²) in [7, 11) is 0. The van der Waals surface area contributed by atoms with Crippen molar-refractivity contribution >= 4 is 11.7 Å². The summed E-state index contributed by atoms with van der Waals surface area (Å²) in [5.74, 6) is 1.55. The number of nitrogens with one attached hydrogen (secondary N) is 1. The van der Waals surface area contributed by atoms with Gasteiger partial charge in [0, 0.05) is 55.9 Å². The molecule has 39 heavy (non-hydrogen) atoms. The number of halogens is 1. The van der Waals surface area contributed by atoms with Crippen molar-refractivity contribution in [1.29, 1.82) is 0 Å². The minimum absolute atomic E-state index is 0.0297. The van der Waals surface area contributed by atoms with Crippen LogP contribution in [0.4, 0.5) is 10.2 Å². The van der Waals surface area contributed by atoms with E-state index in [0.717, 1.165) is 50.5 Å². The third-order valence-electron chi connectivity index (χ3n) is 7.94. The zero-order valence-corrected chi connectivity index (χ0v) is 22.5. The van der Waals surface area contributed by atoms with Gasteiger partial charge in [-0.05, 0) is 57.9 Å². The van der Waals surface area contributed by atoms with Gasteiger partial charge in [0.1, 0.15) is 29.7 Å². The van der Waals surface area contributed by atoms with E-state index in [1.54, 1.807) is 11.1 Å². The highest BCUT2D eigenvalue weighted by molar-refractivity contribution is 5.97. The second kappa shape index (κ2) is 10.1. The number of fused-ring (bicyclic) bond motifs is 1. The van der Waals surface area contributed by atoms with E-state index in [9.17, 15) is 9.18 Å². The summed E-state index contributed by atoms with van der Waals surface area (Å²) in [6.45, 7) is 9.54. The molecule has 1 aromatic carbocycles. The molecule has 3 aromatic rings. The van der Waals surface area contributed by atoms with Gasteiger partial charge in [0.15, 0.2) is 11.6 Å². The first-order chi connectivity index (χ1) is 18.9. The molecule has 0 unspecified atom stereocenters. The maximum absolute atomic E-state index is 14.2. The van der Waals surface area contributed by atoms with Crippen molar-refractivity contribution < 1.29 is 18.7 Å². The molecule has 2 fully saturated rings. The Hall–Kier alpha value is -3.79. The van der Waals surface area contributed by atoms with Gasteiger partial charge in [0.25, 0.3) is 5.91 Å². The van der Waals surface area contributed by atoms with Crippen molar-refractivity contribution in [2.75, 3.05) is 24.5 Å². The molecule has 2 aromatic heterocycles. The summed E-state index contributed by atoms with van der Waals surface area (Å²) < 4.78 is 26.7. The summed E-state index contributed by atoms with van der Waals surface area (Å²) >= 11 is 0. The highest BCUT2D eigenvalue weighted by Gasteiger charge is 2.54. The lowest BCUT2D eigenvalue weighted by Gasteiger charge is -2.58. The van der Waals surface area contributed by atoms with Gasteiger partial charge in [-0.2, -0.15) is 0 Å². The maximum atomic E-state index is 14.2. The predicted octanol–water partition coefficient (Wildman–Crippen LogP) is 4.32. The van der Waals surface area contributed by atoms with Crippen LogP contribution in [-0.4, -0.2) is 57.5 Å². The molecule has 1 amide bonds. The Balaban J connectivity index is 1.13. The van der Waals surface area contributed by atoms with Crippen molar-refractivity contribution in [1.82, 2.24) is 25.2 Å². The Labute approximate surface area is 227 Å². The first kappa shape index (κ1) is 25.5. The van der Waals surface area contributed by atoms with E-state index >= 15 is 0 Å². The van der Waals surface area contributed by atoms with E-state index < -0.39 is 5.82 Å². The average Bonchev–Trinajstić information content (AvgIpc) is 3.36. The molecular weight excluding hydrogens is 499 g/mol. The molecule has 4 heterocycles. The Bertz CT molecular complexity index is 1390. The number of anilines is 1. The van der Waals surface area contributed by atoms with E-state index in [4.69, 9.17) is 9.47 Å². The molecule has 2 aliphatic heterocycles. The standard InChI is InChI=1S/C29H33FN6O3/c1-4-36(18(2)3)28(37)21-9-19(30)5-6-24(21)39-26-14-32-17-34-27(26)35-15-29(16-35)10-20(11-29)38-25-7-8-33-23-13-31-12-22(23)25/h5-9,14,17-18,20,31H,4,10-13,15-16H2,1-3H3. The summed E-state index contributed by atoms with van der Waals surface area (Å²) in [6, 6.07) is 5.95. The Morgan fingerprint density at radius 1 is 1.18 bits per heavy atom. The summed E-state index contributed by atoms with van der Waals surface area (Å²) in [6.07, 6.45) is 7.06. The van der Waals surface area contributed by atoms with Crippen LogP contribution in [0.15, 0.2) is 43.0 Å². The second-order valence-electron chi connectivity index (χ2n) is 11.0. The third kappa shape index (κ3) is 4.78. The number of pyridine rings is 1. The fourth-order valence-corrected chi connectivity index (χ4v) is 6.01. The van der Waals surface area contributed by atoms with E-state index in [0.29, 0.717) is 18.1 Å². The van der Waals surface area contributed by atoms with Gasteiger partial charge in [0.05, 0.1) is 17.5 Å². The van der Waals surface area contributed by atoms with Gasteiger partial charge < -0.3 is 24.6 Å². The lowest BCUT2D eigenvalue weighted by atomic mass is 9.61. The molecule has 0 radical (unpaired) electrons. The van der Waals surface area contributed by atoms with Crippen LogP contribution in [0, 0.1) is 11.2 Å². The Morgan fingerprint density at radius 3 is 2.77 bits per heavy atom. The van der Waals surface area contributed by atoms with Crippen LogP contribution in [0.5, 0.6) is 17.2 Å². The number of carbonyl (C=O) groups is 1. The molecule has 0 atom stereocenters. The van der Waals surface area contributed by atoms with Crippen LogP contribution in [0.1, 0.15) is 55.2 Å². The van der Waals surface area contributed by atoms with Crippen LogP contribution in [-0.2, 0) is 13.1 Å². The number of carbonyl (C=O) groups excluding carboxylic acids is 1. The Kier molecular flexibility index (Phi) is 6.58. The number of nitrogens with zero attached hydrogens (tertiary/aromatic N) is 5. The average molecular weight is 533 g/mol. The molecule has 1 saturated carbocycles. The minimum atomic E-state index is -0.491. The zero-order chi connectivity index (χ0) is 27.1. The SMILES string of the molecule is CCN(C(=O)c1cc(F)ccc1Oc1cncnc1N1CC2(CC(Oc3ccnc4c3CNC4)C2)C1)C(C)C. The Morgan fingerprint density at radius 2 is 2.00 bits per heavy atom. The first-order valence-corrected chi connectivity index (χ1v) is 13.5. The van der Waals surface area contributed by atoms with Crippen LogP contribution < -0.4 is 19.7 Å². The van der Waals surface area contributed by atoms with Crippen molar-refractivity contribution in [2.24, 2.45) is 5.41 Å². The lowest BCUT2D eigenvalue weighted by molar-refractivity contribution is -0.0348. The van der Waals surface area contributed by atoms with E-state index in [1.807, 2.05) is 33.0 Å². The van der Waals surface area contributed by atoms with Gasteiger partial charge in [-0.25, -0.2) is 14.4 Å². The molecule has 0 bridgehead atoms. The predicted molar refractivity (Wildman–Crippen MR) is 143 cm³/mol. The molecule has 1 N–H and O–H groups in total. The van der Waals surface area contributed by atoms with Gasteiger partial charge in [-0.15, -0.1) is 0 Å². The molecule has 1 spiro atoms. The van der Waals surface area contributed by atoms with Gasteiger partial charge in [-0.1, -0.05) is 0 Å². The van der Waals surface area contributed by atoms with E-state index in [1.165, 1.54) is 30.1 Å². The fraction of sp³-hybridized carbons (Fsp3) is 0.448. The fourth-order valence-electron chi connectivity index (χ4n) is 6.01. The lowest BCUT2D eigenvalue weighted by Crippen LogP contribution is -2.65. The second-order valence-corrected chi connectivity index (χ2v) is 11.0. The molecule has 3 aliphatic rings. The largest absolute Gasteiger partial charge is 0.490 e. The number of aromatic nitrogens is 3. The summed E-state index contributed by atoms with van der Waals surface area (Å²) in [5.41, 5.74) is 2.62. The summed E-state index contributed by atoms with van der Waals surface area (Å²) in [5, 5.41) is 3.34. The third-order valence-corrected chi connectivity index (χ3v) is 7.94. The number of hydrogen-bond acceptors (Lipinski definition) is 8. The zero-order valence-electron chi connectivity index (χ0n) is 22.5. The molecule has 10 heteroatoms. The normalized spacial score (nSPS) is 17.5. The molecular formula is C29H33FN6O3. The summed E-state index contributed by atoms with van der Waals surface area (Å²) in [4.78, 5) is 30.2. The van der Waals surface area contributed by atoms with E-state index in [-0.39, 0.29) is 34.8 Å². The molecule has 204 valence electrons. The number of benzene rings is 1. The minimum Gasteiger partial charge on any atom is -0.490 e. The van der Waals surface area contributed by atoms with Crippen molar-refractivity contribution in [2.45, 2.75) is 58.8 Å².